The van der Waals surface area contributed by atoms with Crippen molar-refractivity contribution in [1.82, 2.24) is 0 Å². The Balaban J connectivity index is 2.08. The molecule has 1 fully saturated rings. The van der Waals surface area contributed by atoms with Crippen LogP contribution in [0, 0.1) is 5.41 Å². The van der Waals surface area contributed by atoms with Gasteiger partial charge in [0, 0.05) is 24.3 Å². The second kappa shape index (κ2) is 5.53. The number of hydrogen-bond donors (Lipinski definition) is 1. The molecule has 1 aromatic rings. The third kappa shape index (κ3) is 2.89. The second-order valence-corrected chi connectivity index (χ2v) is 7.73. The van der Waals surface area contributed by atoms with Gasteiger partial charge in [-0.05, 0) is 30.7 Å². The number of anilines is 1. The van der Waals surface area contributed by atoms with E-state index < -0.39 is 15.6 Å². The fourth-order valence-corrected chi connectivity index (χ4v) is 3.30. The van der Waals surface area contributed by atoms with E-state index >= 15 is 0 Å². The maximum atomic E-state index is 12.4. The highest BCUT2D eigenvalue weighted by Crippen LogP contribution is 2.44. The molecule has 0 aromatic heterocycles. The van der Waals surface area contributed by atoms with Crippen LogP contribution in [0.4, 0.5) is 14.5 Å². The quantitative estimate of drug-likeness (QED) is 0.906. The van der Waals surface area contributed by atoms with Gasteiger partial charge in [0.15, 0.2) is 0 Å². The molecule has 0 aliphatic heterocycles. The Morgan fingerprint density at radius 2 is 1.86 bits per heavy atom. The summed E-state index contributed by atoms with van der Waals surface area (Å²) in [6.45, 7) is 4.16. The minimum absolute atomic E-state index is 0.0392. The molecule has 1 N–H and O–H groups in total. The molecular formula is C14H19F2NO3S. The van der Waals surface area contributed by atoms with E-state index in [4.69, 9.17) is 4.74 Å². The summed E-state index contributed by atoms with van der Waals surface area (Å²) in [4.78, 5) is -0.370. The van der Waals surface area contributed by atoms with Crippen molar-refractivity contribution < 1.29 is 21.9 Å². The van der Waals surface area contributed by atoms with Gasteiger partial charge in [-0.15, -0.1) is 0 Å². The highest BCUT2D eigenvalue weighted by molar-refractivity contribution is 7.91. The number of nitrogens with one attached hydrogen (secondary N) is 1. The lowest BCUT2D eigenvalue weighted by atomic mass is 9.64. The Morgan fingerprint density at radius 1 is 1.29 bits per heavy atom. The summed E-state index contributed by atoms with van der Waals surface area (Å²) in [5, 5.41) is 3.28. The van der Waals surface area contributed by atoms with Gasteiger partial charge in [0.1, 0.15) is 0 Å². The maximum Gasteiger partial charge on any atom is 0.341 e. The van der Waals surface area contributed by atoms with Crippen LogP contribution < -0.4 is 5.32 Å². The molecule has 1 saturated carbocycles. The van der Waals surface area contributed by atoms with Crippen molar-refractivity contribution in [3.8, 4) is 0 Å². The predicted molar refractivity (Wildman–Crippen MR) is 76.2 cm³/mol. The van der Waals surface area contributed by atoms with Crippen LogP contribution in [0.1, 0.15) is 20.3 Å². The van der Waals surface area contributed by atoms with Crippen molar-refractivity contribution in [2.45, 2.75) is 43.1 Å². The lowest BCUT2D eigenvalue weighted by molar-refractivity contribution is -0.0794. The predicted octanol–water partition coefficient (Wildman–Crippen LogP) is 2.91. The Labute approximate surface area is 123 Å². The number of hydrogen-bond acceptors (Lipinski definition) is 4. The molecule has 0 amide bonds. The summed E-state index contributed by atoms with van der Waals surface area (Å²) in [6, 6.07) is 5.60. The monoisotopic (exact) mass is 319 g/mol. The smallest absolute Gasteiger partial charge is 0.341 e. The third-order valence-corrected chi connectivity index (χ3v) is 5.62. The first-order valence-corrected chi connectivity index (χ1v) is 8.15. The fourth-order valence-electron chi connectivity index (χ4n) is 2.58. The molecular weight excluding hydrogens is 300 g/mol. The summed E-state index contributed by atoms with van der Waals surface area (Å²) in [6.07, 6.45) is 1.02. The van der Waals surface area contributed by atoms with Gasteiger partial charge in [-0.2, -0.15) is 8.78 Å². The van der Waals surface area contributed by atoms with E-state index in [-0.39, 0.29) is 22.5 Å². The summed E-state index contributed by atoms with van der Waals surface area (Å²) in [7, 11) is -2.86. The molecule has 1 aliphatic carbocycles. The normalized spacial score (nSPS) is 24.7. The van der Waals surface area contributed by atoms with Crippen LogP contribution in [0.5, 0.6) is 0 Å². The molecule has 0 heterocycles. The number of benzene rings is 1. The molecule has 1 aliphatic rings. The molecule has 1 aromatic carbocycles. The van der Waals surface area contributed by atoms with Gasteiger partial charge in [-0.25, -0.2) is 8.42 Å². The summed E-state index contributed by atoms with van der Waals surface area (Å²) >= 11 is 0. The number of rotatable bonds is 5. The van der Waals surface area contributed by atoms with Crippen molar-refractivity contribution in [3.63, 3.8) is 0 Å². The van der Waals surface area contributed by atoms with Crippen LogP contribution >= 0.6 is 0 Å². The van der Waals surface area contributed by atoms with Crippen LogP contribution in [-0.4, -0.2) is 33.4 Å². The topological polar surface area (TPSA) is 55.4 Å². The lowest BCUT2D eigenvalue weighted by Gasteiger charge is -2.51. The van der Waals surface area contributed by atoms with E-state index in [0.29, 0.717) is 5.69 Å². The van der Waals surface area contributed by atoms with Gasteiger partial charge in [0.25, 0.3) is 0 Å². The SMILES string of the molecule is COC1CC(Nc2ccc(S(=O)(=O)C(F)F)cc2)C1(C)C. The van der Waals surface area contributed by atoms with E-state index in [9.17, 15) is 17.2 Å². The van der Waals surface area contributed by atoms with Gasteiger partial charge < -0.3 is 10.1 Å². The lowest BCUT2D eigenvalue weighted by Crippen LogP contribution is -2.57. The zero-order valence-electron chi connectivity index (χ0n) is 12.1. The molecule has 2 rings (SSSR count). The molecule has 4 nitrogen and oxygen atoms in total. The Morgan fingerprint density at radius 3 is 2.29 bits per heavy atom. The van der Waals surface area contributed by atoms with E-state index in [0.717, 1.165) is 6.42 Å². The Hall–Kier alpha value is -1.21. The van der Waals surface area contributed by atoms with E-state index in [2.05, 4.69) is 19.2 Å². The van der Waals surface area contributed by atoms with Crippen LogP contribution in [-0.2, 0) is 14.6 Å². The third-order valence-electron chi connectivity index (χ3n) is 4.22. The summed E-state index contributed by atoms with van der Waals surface area (Å²) < 4.78 is 52.9. The summed E-state index contributed by atoms with van der Waals surface area (Å²) in [5.41, 5.74) is 0.665. The average Bonchev–Trinajstić information content (AvgIpc) is 2.43. The van der Waals surface area contributed by atoms with Gasteiger partial charge >= 0.3 is 5.76 Å². The number of sulfone groups is 1. The highest BCUT2D eigenvalue weighted by Gasteiger charge is 2.48. The molecule has 2 unspecified atom stereocenters. The number of alkyl halides is 2. The molecule has 2 atom stereocenters. The van der Waals surface area contributed by atoms with Crippen molar-refractivity contribution in [3.05, 3.63) is 24.3 Å². The molecule has 118 valence electrons. The van der Waals surface area contributed by atoms with Gasteiger partial charge in [-0.3, -0.25) is 0 Å². The van der Waals surface area contributed by atoms with Crippen LogP contribution in [0.2, 0.25) is 0 Å². The van der Waals surface area contributed by atoms with E-state index in [1.807, 2.05) is 0 Å². The average molecular weight is 319 g/mol. The van der Waals surface area contributed by atoms with Crippen molar-refractivity contribution >= 4 is 15.5 Å². The van der Waals surface area contributed by atoms with Crippen LogP contribution in [0.15, 0.2) is 29.2 Å². The first-order valence-electron chi connectivity index (χ1n) is 6.61. The first kappa shape index (κ1) is 16.2. The molecule has 0 bridgehead atoms. The number of ether oxygens (including phenoxy) is 1. The van der Waals surface area contributed by atoms with Crippen molar-refractivity contribution in [2.75, 3.05) is 12.4 Å². The van der Waals surface area contributed by atoms with Gasteiger partial charge in [-0.1, -0.05) is 13.8 Å². The minimum atomic E-state index is -4.53. The maximum absolute atomic E-state index is 12.4. The van der Waals surface area contributed by atoms with Crippen molar-refractivity contribution in [2.24, 2.45) is 5.41 Å². The van der Waals surface area contributed by atoms with Crippen LogP contribution in [0.3, 0.4) is 0 Å². The standard InChI is InChI=1S/C14H19F2NO3S/c1-14(2)11(8-12(14)20-3)17-9-4-6-10(7-5-9)21(18,19)13(15)16/h4-7,11-13,17H,8H2,1-3H3. The second-order valence-electron chi connectivity index (χ2n) is 5.81. The molecule has 21 heavy (non-hydrogen) atoms. The van der Waals surface area contributed by atoms with E-state index in [1.165, 1.54) is 24.3 Å². The first-order chi connectivity index (χ1) is 9.69. The van der Waals surface area contributed by atoms with Crippen LogP contribution in [0.25, 0.3) is 0 Å². The van der Waals surface area contributed by atoms with E-state index in [1.54, 1.807) is 7.11 Å². The van der Waals surface area contributed by atoms with Gasteiger partial charge in [0.05, 0.1) is 11.0 Å². The largest absolute Gasteiger partial charge is 0.382 e. The number of halogens is 2. The molecule has 0 spiro atoms. The highest BCUT2D eigenvalue weighted by atomic mass is 32.2. The van der Waals surface area contributed by atoms with Crippen molar-refractivity contribution in [1.29, 1.82) is 0 Å². The Kier molecular flexibility index (Phi) is 4.26. The fraction of sp³-hybridized carbons (Fsp3) is 0.571. The molecule has 0 radical (unpaired) electrons. The zero-order chi connectivity index (χ0) is 15.8. The minimum Gasteiger partial charge on any atom is -0.382 e. The van der Waals surface area contributed by atoms with Gasteiger partial charge in [0.2, 0.25) is 9.84 Å². The Bertz CT molecular complexity index is 599. The number of methoxy groups -OCH3 is 1. The zero-order valence-corrected chi connectivity index (χ0v) is 13.0. The summed E-state index contributed by atoms with van der Waals surface area (Å²) in [5.74, 6) is -3.40. The molecule has 7 heteroatoms. The molecule has 0 saturated heterocycles.